The molecule has 2 aliphatic rings. The van der Waals surface area contributed by atoms with Crippen LogP contribution in [-0.2, 0) is 10.0 Å². The number of ether oxygens (including phenoxy) is 1. The number of sulfonamides is 1. The van der Waals surface area contributed by atoms with E-state index in [1.54, 1.807) is 42.4 Å². The Morgan fingerprint density at radius 3 is 2.32 bits per heavy atom. The number of aliphatic hydroxyl groups excluding tert-OH is 1. The number of likely N-dealkylation sites (tertiary alicyclic amines) is 1. The first-order valence-corrected chi connectivity index (χ1v) is 11.3. The monoisotopic (exact) mass is 407 g/mol. The summed E-state index contributed by atoms with van der Waals surface area (Å²) >= 11 is 0. The van der Waals surface area contributed by atoms with Crippen molar-refractivity contribution in [3.05, 3.63) is 29.8 Å². The standard InChI is InChI=1S/C20H29N3O4S/c1-15(2)28(25,26)23-11-17-7-18(12-23)10-22(9-17)13-19(24)14-27-20-5-3-16(8-21)4-6-20/h3-6,15,17-19,24H,7,9-14H2,1-2H3. The maximum absolute atomic E-state index is 12.5. The van der Waals surface area contributed by atoms with Gasteiger partial charge < -0.3 is 9.84 Å². The second kappa shape index (κ2) is 8.78. The lowest BCUT2D eigenvalue weighted by atomic mass is 9.85. The zero-order valence-electron chi connectivity index (χ0n) is 16.5. The van der Waals surface area contributed by atoms with Crippen molar-refractivity contribution in [3.8, 4) is 11.8 Å². The van der Waals surface area contributed by atoms with Crippen LogP contribution in [0.2, 0.25) is 0 Å². The second-order valence-corrected chi connectivity index (χ2v) is 10.7. The Bertz CT molecular complexity index is 790. The van der Waals surface area contributed by atoms with Crippen molar-refractivity contribution >= 4 is 10.0 Å². The van der Waals surface area contributed by atoms with E-state index in [0.717, 1.165) is 19.5 Å². The molecule has 1 aromatic rings. The first-order chi connectivity index (χ1) is 13.3. The lowest BCUT2D eigenvalue weighted by molar-refractivity contribution is 0.0167. The topological polar surface area (TPSA) is 93.9 Å². The molecule has 0 aromatic heterocycles. The fourth-order valence-corrected chi connectivity index (χ4v) is 5.60. The molecule has 1 aromatic carbocycles. The fraction of sp³-hybridized carbons (Fsp3) is 0.650. The van der Waals surface area contributed by atoms with Gasteiger partial charge in [0.2, 0.25) is 10.0 Å². The van der Waals surface area contributed by atoms with Crippen LogP contribution in [0.3, 0.4) is 0 Å². The van der Waals surface area contributed by atoms with Crippen LogP contribution in [0.15, 0.2) is 24.3 Å². The quantitative estimate of drug-likeness (QED) is 0.732. The number of benzene rings is 1. The highest BCUT2D eigenvalue weighted by molar-refractivity contribution is 7.89. The van der Waals surface area contributed by atoms with Crippen molar-refractivity contribution in [2.75, 3.05) is 39.3 Å². The van der Waals surface area contributed by atoms with Gasteiger partial charge in [-0.2, -0.15) is 5.26 Å². The lowest BCUT2D eigenvalue weighted by Gasteiger charge is -2.46. The number of β-amino-alcohol motifs (C(OH)–C–C–N with tert-alkyl or cyclic N) is 1. The normalized spacial score (nSPS) is 24.7. The summed E-state index contributed by atoms with van der Waals surface area (Å²) in [6.45, 7) is 6.91. The minimum absolute atomic E-state index is 0.186. The molecule has 0 radical (unpaired) electrons. The van der Waals surface area contributed by atoms with E-state index in [9.17, 15) is 13.5 Å². The highest BCUT2D eigenvalue weighted by Crippen LogP contribution is 2.31. The first-order valence-electron chi connectivity index (χ1n) is 9.80. The van der Waals surface area contributed by atoms with Gasteiger partial charge in [0.25, 0.3) is 0 Å². The predicted octanol–water partition coefficient (Wildman–Crippen LogP) is 1.29. The summed E-state index contributed by atoms with van der Waals surface area (Å²) in [4.78, 5) is 2.23. The Hall–Kier alpha value is -1.66. The van der Waals surface area contributed by atoms with Crippen LogP contribution < -0.4 is 4.74 Å². The minimum atomic E-state index is -3.20. The third kappa shape index (κ3) is 5.03. The van der Waals surface area contributed by atoms with E-state index in [1.165, 1.54) is 0 Å². The number of nitrogens with zero attached hydrogens (tertiary/aromatic N) is 3. The molecule has 3 rings (SSSR count). The van der Waals surface area contributed by atoms with E-state index in [1.807, 2.05) is 0 Å². The van der Waals surface area contributed by atoms with Crippen LogP contribution in [0, 0.1) is 23.2 Å². The van der Waals surface area contributed by atoms with Gasteiger partial charge in [-0.1, -0.05) is 0 Å². The summed E-state index contributed by atoms with van der Waals surface area (Å²) in [6, 6.07) is 8.87. The molecule has 154 valence electrons. The lowest BCUT2D eigenvalue weighted by Crippen LogP contribution is -2.56. The summed E-state index contributed by atoms with van der Waals surface area (Å²) in [7, 11) is -3.20. The molecular formula is C20H29N3O4S. The zero-order valence-corrected chi connectivity index (χ0v) is 17.3. The SMILES string of the molecule is CC(C)S(=O)(=O)N1CC2CC(CN(CC(O)COc3ccc(C#N)cc3)C2)C1. The van der Waals surface area contributed by atoms with Gasteiger partial charge in [0.05, 0.1) is 16.9 Å². The molecule has 2 saturated heterocycles. The van der Waals surface area contributed by atoms with Crippen LogP contribution in [-0.4, -0.2) is 73.4 Å². The van der Waals surface area contributed by atoms with Crippen molar-refractivity contribution in [2.45, 2.75) is 31.6 Å². The van der Waals surface area contributed by atoms with Crippen molar-refractivity contribution in [3.63, 3.8) is 0 Å². The fourth-order valence-electron chi connectivity index (χ4n) is 4.16. The van der Waals surface area contributed by atoms with E-state index >= 15 is 0 Å². The Morgan fingerprint density at radius 1 is 1.18 bits per heavy atom. The predicted molar refractivity (Wildman–Crippen MR) is 106 cm³/mol. The molecule has 2 heterocycles. The highest BCUT2D eigenvalue weighted by atomic mass is 32.2. The number of rotatable bonds is 7. The van der Waals surface area contributed by atoms with Gasteiger partial charge in [-0.3, -0.25) is 4.90 Å². The van der Waals surface area contributed by atoms with Gasteiger partial charge in [-0.05, 0) is 56.4 Å². The zero-order chi connectivity index (χ0) is 20.3. The van der Waals surface area contributed by atoms with Crippen molar-refractivity contribution in [1.82, 2.24) is 9.21 Å². The van der Waals surface area contributed by atoms with E-state index in [4.69, 9.17) is 10.00 Å². The summed E-state index contributed by atoms with van der Waals surface area (Å²) in [6.07, 6.45) is 0.434. The Labute approximate surface area is 167 Å². The summed E-state index contributed by atoms with van der Waals surface area (Å²) in [5, 5.41) is 18.8. The molecule has 2 bridgehead atoms. The van der Waals surface area contributed by atoms with E-state index in [2.05, 4.69) is 11.0 Å². The maximum atomic E-state index is 12.5. The number of piperidine rings is 2. The third-order valence-corrected chi connectivity index (χ3v) is 7.68. The second-order valence-electron chi connectivity index (χ2n) is 8.20. The van der Waals surface area contributed by atoms with E-state index < -0.39 is 16.1 Å². The number of nitriles is 1. The van der Waals surface area contributed by atoms with Gasteiger partial charge in [0.15, 0.2) is 0 Å². The molecule has 0 saturated carbocycles. The first kappa shape index (κ1) is 21.1. The number of fused-ring (bicyclic) bond motifs is 2. The van der Waals surface area contributed by atoms with Crippen molar-refractivity contribution < 1.29 is 18.3 Å². The number of aliphatic hydroxyl groups is 1. The van der Waals surface area contributed by atoms with Gasteiger partial charge in [-0.25, -0.2) is 12.7 Å². The summed E-state index contributed by atoms with van der Waals surface area (Å²) in [5.74, 6) is 1.25. The molecular weight excluding hydrogens is 378 g/mol. The average Bonchev–Trinajstić information content (AvgIpc) is 2.66. The van der Waals surface area contributed by atoms with Gasteiger partial charge in [-0.15, -0.1) is 0 Å². The van der Waals surface area contributed by atoms with Crippen LogP contribution in [0.5, 0.6) is 5.75 Å². The van der Waals surface area contributed by atoms with Crippen LogP contribution in [0.1, 0.15) is 25.8 Å². The van der Waals surface area contributed by atoms with Gasteiger partial charge in [0, 0.05) is 32.7 Å². The molecule has 3 unspecified atom stereocenters. The Balaban J connectivity index is 1.48. The molecule has 2 fully saturated rings. The van der Waals surface area contributed by atoms with Crippen LogP contribution in [0.4, 0.5) is 0 Å². The molecule has 0 aliphatic carbocycles. The third-order valence-electron chi connectivity index (χ3n) is 5.47. The van der Waals surface area contributed by atoms with Crippen LogP contribution in [0.25, 0.3) is 0 Å². The van der Waals surface area contributed by atoms with Gasteiger partial charge in [0.1, 0.15) is 18.5 Å². The molecule has 3 atom stereocenters. The molecule has 1 N–H and O–H groups in total. The molecule has 28 heavy (non-hydrogen) atoms. The number of hydrogen-bond acceptors (Lipinski definition) is 6. The highest BCUT2D eigenvalue weighted by Gasteiger charge is 2.39. The smallest absolute Gasteiger partial charge is 0.216 e. The largest absolute Gasteiger partial charge is 0.491 e. The summed E-state index contributed by atoms with van der Waals surface area (Å²) in [5.41, 5.74) is 0.571. The Morgan fingerprint density at radius 2 is 1.79 bits per heavy atom. The molecule has 0 spiro atoms. The summed E-state index contributed by atoms with van der Waals surface area (Å²) < 4.78 is 32.2. The number of hydrogen-bond donors (Lipinski definition) is 1. The van der Waals surface area contributed by atoms with Crippen molar-refractivity contribution in [2.24, 2.45) is 11.8 Å². The average molecular weight is 408 g/mol. The molecule has 0 amide bonds. The maximum Gasteiger partial charge on any atom is 0.216 e. The molecule has 2 aliphatic heterocycles. The molecule has 8 heteroatoms. The minimum Gasteiger partial charge on any atom is -0.491 e. The van der Waals surface area contributed by atoms with E-state index in [0.29, 0.717) is 42.8 Å². The van der Waals surface area contributed by atoms with Crippen LogP contribution >= 0.6 is 0 Å². The Kier molecular flexibility index (Phi) is 6.61. The van der Waals surface area contributed by atoms with Crippen molar-refractivity contribution in [1.29, 1.82) is 5.26 Å². The molecule has 7 nitrogen and oxygen atoms in total. The van der Waals surface area contributed by atoms with Gasteiger partial charge >= 0.3 is 0 Å². The van der Waals surface area contributed by atoms with E-state index in [-0.39, 0.29) is 11.9 Å².